The molecule has 0 aromatic heterocycles. The molecular formula is C13H17NO2. The van der Waals surface area contributed by atoms with Crippen molar-refractivity contribution in [3.63, 3.8) is 0 Å². The van der Waals surface area contributed by atoms with Gasteiger partial charge in [-0.25, -0.2) is 0 Å². The van der Waals surface area contributed by atoms with Crippen molar-refractivity contribution in [2.75, 3.05) is 13.2 Å². The Bertz CT molecular complexity index is 372. The summed E-state index contributed by atoms with van der Waals surface area (Å²) in [6.45, 7) is 3.08. The second-order valence-corrected chi connectivity index (χ2v) is 3.33. The Labute approximate surface area is 95.9 Å². The second-order valence-electron chi connectivity index (χ2n) is 3.33. The van der Waals surface area contributed by atoms with Crippen molar-refractivity contribution < 1.29 is 9.53 Å². The maximum atomic E-state index is 10.9. The van der Waals surface area contributed by atoms with E-state index in [1.54, 1.807) is 0 Å². The summed E-state index contributed by atoms with van der Waals surface area (Å²) in [6.07, 6.45) is 5.59. The molecule has 0 heterocycles. The monoisotopic (exact) mass is 219 g/mol. The molecule has 0 aliphatic heterocycles. The number of ether oxygens (including phenoxy) is 1. The van der Waals surface area contributed by atoms with Gasteiger partial charge in [0, 0.05) is 0 Å². The number of carbonyl (C=O) groups excluding carboxylic acids is 1. The molecule has 1 aromatic rings. The summed E-state index contributed by atoms with van der Waals surface area (Å²) in [5.74, 6) is 0.633. The summed E-state index contributed by atoms with van der Waals surface area (Å²) in [5, 5.41) is 0. The van der Waals surface area contributed by atoms with Crippen molar-refractivity contribution in [2.45, 2.75) is 13.3 Å². The Morgan fingerprint density at radius 1 is 1.44 bits per heavy atom. The normalized spacial score (nSPS) is 10.6. The zero-order chi connectivity index (χ0) is 11.8. The molecule has 2 N–H and O–H groups in total. The standard InChI is InChI=1S/C13H17NO2/c1-2-16-13-7-6-11(5-3-4-8-14)9-12(13)10-15/h3,5-7,9-10H,2,4,8,14H2,1H3. The minimum atomic E-state index is 0.559. The van der Waals surface area contributed by atoms with Gasteiger partial charge in [0.05, 0.1) is 12.2 Å². The van der Waals surface area contributed by atoms with Crippen LogP contribution in [-0.4, -0.2) is 19.4 Å². The molecule has 0 atom stereocenters. The van der Waals surface area contributed by atoms with Crippen LogP contribution in [0.25, 0.3) is 6.08 Å². The minimum absolute atomic E-state index is 0.559. The van der Waals surface area contributed by atoms with Crippen molar-refractivity contribution in [1.82, 2.24) is 0 Å². The average Bonchev–Trinajstić information content (AvgIpc) is 2.31. The SMILES string of the molecule is CCOc1ccc(C=CCCN)cc1C=O. The highest BCUT2D eigenvalue weighted by Gasteiger charge is 2.02. The summed E-state index contributed by atoms with van der Waals surface area (Å²) >= 11 is 0. The van der Waals surface area contributed by atoms with E-state index in [-0.39, 0.29) is 0 Å². The van der Waals surface area contributed by atoms with Gasteiger partial charge in [-0.05, 0) is 37.6 Å². The van der Waals surface area contributed by atoms with E-state index in [4.69, 9.17) is 10.5 Å². The van der Waals surface area contributed by atoms with E-state index >= 15 is 0 Å². The molecule has 0 saturated carbocycles. The maximum absolute atomic E-state index is 10.9. The number of benzene rings is 1. The predicted molar refractivity (Wildman–Crippen MR) is 65.7 cm³/mol. The predicted octanol–water partition coefficient (Wildman–Crippen LogP) is 2.26. The van der Waals surface area contributed by atoms with Gasteiger partial charge in [0.1, 0.15) is 5.75 Å². The van der Waals surface area contributed by atoms with Crippen LogP contribution in [0.15, 0.2) is 24.3 Å². The Morgan fingerprint density at radius 3 is 2.88 bits per heavy atom. The number of hydrogen-bond acceptors (Lipinski definition) is 3. The zero-order valence-electron chi connectivity index (χ0n) is 9.48. The molecule has 0 saturated heterocycles. The summed E-state index contributed by atoms with van der Waals surface area (Å²) in [7, 11) is 0. The van der Waals surface area contributed by atoms with Crippen molar-refractivity contribution >= 4 is 12.4 Å². The summed E-state index contributed by atoms with van der Waals surface area (Å²) < 4.78 is 5.33. The highest BCUT2D eigenvalue weighted by molar-refractivity contribution is 5.80. The van der Waals surface area contributed by atoms with Gasteiger partial charge < -0.3 is 10.5 Å². The van der Waals surface area contributed by atoms with Gasteiger partial charge in [-0.15, -0.1) is 0 Å². The van der Waals surface area contributed by atoms with E-state index in [1.165, 1.54) is 0 Å². The maximum Gasteiger partial charge on any atom is 0.153 e. The Hall–Kier alpha value is -1.61. The Kier molecular flexibility index (Phi) is 5.29. The fourth-order valence-electron chi connectivity index (χ4n) is 1.37. The highest BCUT2D eigenvalue weighted by atomic mass is 16.5. The topological polar surface area (TPSA) is 52.3 Å². The van der Waals surface area contributed by atoms with Gasteiger partial charge in [-0.2, -0.15) is 0 Å². The second kappa shape index (κ2) is 6.80. The molecule has 0 aliphatic carbocycles. The third-order valence-electron chi connectivity index (χ3n) is 2.10. The quantitative estimate of drug-likeness (QED) is 0.747. The summed E-state index contributed by atoms with van der Waals surface area (Å²) in [5.41, 5.74) is 6.95. The number of rotatable bonds is 6. The van der Waals surface area contributed by atoms with Crippen molar-refractivity contribution in [3.8, 4) is 5.75 Å². The molecule has 0 aliphatic rings. The van der Waals surface area contributed by atoms with Crippen molar-refractivity contribution in [2.24, 2.45) is 5.73 Å². The van der Waals surface area contributed by atoms with Crippen LogP contribution in [0, 0.1) is 0 Å². The molecule has 1 aromatic carbocycles. The first-order valence-electron chi connectivity index (χ1n) is 5.40. The molecule has 0 radical (unpaired) electrons. The highest BCUT2D eigenvalue weighted by Crippen LogP contribution is 2.19. The van der Waals surface area contributed by atoms with Crippen LogP contribution in [0.1, 0.15) is 29.3 Å². The van der Waals surface area contributed by atoms with Crippen molar-refractivity contribution in [1.29, 1.82) is 0 Å². The first kappa shape index (κ1) is 12.5. The van der Waals surface area contributed by atoms with Crippen molar-refractivity contribution in [3.05, 3.63) is 35.4 Å². The summed E-state index contributed by atoms with van der Waals surface area (Å²) in [6, 6.07) is 5.55. The van der Waals surface area contributed by atoms with Crippen LogP contribution >= 0.6 is 0 Å². The summed E-state index contributed by atoms with van der Waals surface area (Å²) in [4.78, 5) is 10.9. The van der Waals surface area contributed by atoms with Gasteiger partial charge in [0.15, 0.2) is 6.29 Å². The lowest BCUT2D eigenvalue weighted by atomic mass is 10.1. The van der Waals surface area contributed by atoms with E-state index in [9.17, 15) is 4.79 Å². The lowest BCUT2D eigenvalue weighted by molar-refractivity contribution is 0.112. The molecule has 3 nitrogen and oxygen atoms in total. The molecule has 0 bridgehead atoms. The van der Waals surface area contributed by atoms with E-state index in [1.807, 2.05) is 37.3 Å². The first-order valence-corrected chi connectivity index (χ1v) is 5.40. The van der Waals surface area contributed by atoms with Gasteiger partial charge in [0.25, 0.3) is 0 Å². The van der Waals surface area contributed by atoms with Crippen LogP contribution in [0.4, 0.5) is 0 Å². The molecule has 0 unspecified atom stereocenters. The third-order valence-corrected chi connectivity index (χ3v) is 2.10. The number of aldehydes is 1. The lowest BCUT2D eigenvalue weighted by Crippen LogP contribution is -1.96. The molecule has 3 heteroatoms. The molecule has 86 valence electrons. The zero-order valence-corrected chi connectivity index (χ0v) is 9.48. The van der Waals surface area contributed by atoms with Crippen LogP contribution in [0.3, 0.4) is 0 Å². The first-order chi connectivity index (χ1) is 7.81. The van der Waals surface area contributed by atoms with E-state index in [2.05, 4.69) is 0 Å². The van der Waals surface area contributed by atoms with Gasteiger partial charge in [-0.3, -0.25) is 4.79 Å². The minimum Gasteiger partial charge on any atom is -0.493 e. The lowest BCUT2D eigenvalue weighted by Gasteiger charge is -2.06. The molecular weight excluding hydrogens is 202 g/mol. The molecule has 0 amide bonds. The van der Waals surface area contributed by atoms with Crippen LogP contribution in [-0.2, 0) is 0 Å². The number of hydrogen-bond donors (Lipinski definition) is 1. The van der Waals surface area contributed by atoms with Crippen LogP contribution in [0.2, 0.25) is 0 Å². The number of nitrogens with two attached hydrogens (primary N) is 1. The van der Waals surface area contributed by atoms with Gasteiger partial charge in [0.2, 0.25) is 0 Å². The third kappa shape index (κ3) is 3.51. The molecule has 0 spiro atoms. The van der Waals surface area contributed by atoms with E-state index < -0.39 is 0 Å². The smallest absolute Gasteiger partial charge is 0.153 e. The molecule has 16 heavy (non-hydrogen) atoms. The fourth-order valence-corrected chi connectivity index (χ4v) is 1.37. The largest absolute Gasteiger partial charge is 0.493 e. The number of carbonyl (C=O) groups is 1. The Morgan fingerprint density at radius 2 is 2.25 bits per heavy atom. The fraction of sp³-hybridized carbons (Fsp3) is 0.308. The van der Waals surface area contributed by atoms with Gasteiger partial charge in [-0.1, -0.05) is 18.2 Å². The molecule has 1 rings (SSSR count). The average molecular weight is 219 g/mol. The van der Waals surface area contributed by atoms with Crippen LogP contribution < -0.4 is 10.5 Å². The van der Waals surface area contributed by atoms with E-state index in [0.717, 1.165) is 18.3 Å². The van der Waals surface area contributed by atoms with E-state index in [0.29, 0.717) is 24.5 Å². The molecule has 0 fully saturated rings. The Balaban J connectivity index is 2.86. The van der Waals surface area contributed by atoms with Gasteiger partial charge >= 0.3 is 0 Å². The van der Waals surface area contributed by atoms with Crippen LogP contribution in [0.5, 0.6) is 5.75 Å².